The first-order chi connectivity index (χ1) is 10.2. The third-order valence-electron chi connectivity index (χ3n) is 2.82. The Balaban J connectivity index is 0.000000294. The van der Waals surface area contributed by atoms with Gasteiger partial charge in [0.15, 0.2) is 0 Å². The number of benzene rings is 3. The molecule has 1 heteroatoms. The first-order valence-corrected chi connectivity index (χ1v) is 7.23. The second-order valence-corrected chi connectivity index (χ2v) is 4.96. The highest BCUT2D eigenvalue weighted by Gasteiger charge is 1.73. The molecule has 0 aliphatic rings. The van der Waals surface area contributed by atoms with E-state index >= 15 is 0 Å². The van der Waals surface area contributed by atoms with Gasteiger partial charge in [0.1, 0.15) is 0 Å². The zero-order valence-corrected chi connectivity index (χ0v) is 15.3. The van der Waals surface area contributed by atoms with Crippen molar-refractivity contribution in [3.63, 3.8) is 0 Å². The molecule has 0 spiro atoms. The minimum absolute atomic E-state index is 0. The molecule has 3 aromatic carbocycles. The summed E-state index contributed by atoms with van der Waals surface area (Å²) in [6.07, 6.45) is 0. The largest absolute Gasteiger partial charge is 0.153 e. The van der Waals surface area contributed by atoms with Gasteiger partial charge in [-0.2, -0.15) is 9.90 Å². The molecule has 0 N–H and O–H groups in total. The van der Waals surface area contributed by atoms with Gasteiger partial charge in [-0.1, -0.05) is 108 Å². The molecule has 0 radical (unpaired) electrons. The Morgan fingerprint density at radius 1 is 0.364 bits per heavy atom. The molecule has 0 nitrogen and oxygen atoms in total. The lowest BCUT2D eigenvalue weighted by Gasteiger charge is -1.82. The second kappa shape index (κ2) is 12.8. The minimum Gasteiger partial charge on any atom is -0.153 e. The highest BCUT2D eigenvalue weighted by molar-refractivity contribution is 6.92. The van der Waals surface area contributed by atoms with E-state index in [4.69, 9.17) is 0 Å². The molecule has 1 atom stereocenters. The molecule has 0 saturated heterocycles. The summed E-state index contributed by atoms with van der Waals surface area (Å²) in [5.41, 5.74) is 3.97. The Kier molecular flexibility index (Phi) is 11.7. The lowest BCUT2D eigenvalue weighted by atomic mass is 10.2. The van der Waals surface area contributed by atoms with E-state index in [1.54, 1.807) is 0 Å². The van der Waals surface area contributed by atoms with E-state index in [2.05, 4.69) is 57.2 Å². The molecule has 0 heterocycles. The van der Waals surface area contributed by atoms with Crippen molar-refractivity contribution in [3.05, 3.63) is 108 Å². The van der Waals surface area contributed by atoms with Crippen molar-refractivity contribution in [3.8, 4) is 0 Å². The monoisotopic (exact) mass is 310 g/mol. The molecule has 0 aliphatic carbocycles. The van der Waals surface area contributed by atoms with Gasteiger partial charge in [-0.25, -0.2) is 0 Å². The highest BCUT2D eigenvalue weighted by Crippen LogP contribution is 1.93. The predicted molar refractivity (Wildman–Crippen MR) is 105 cm³/mol. The number of hydrogen-bond acceptors (Lipinski definition) is 0. The SMILES string of the molecule is Cc1ccccc1.Cc1ccccc1.Cc1ccccc1.P. The van der Waals surface area contributed by atoms with Gasteiger partial charge >= 0.3 is 0 Å². The summed E-state index contributed by atoms with van der Waals surface area (Å²) in [5.74, 6) is 0. The molecule has 0 aliphatic heterocycles. The lowest BCUT2D eigenvalue weighted by molar-refractivity contribution is 1.48. The molecule has 22 heavy (non-hydrogen) atoms. The molecule has 0 fully saturated rings. The zero-order valence-electron chi connectivity index (χ0n) is 13.9. The summed E-state index contributed by atoms with van der Waals surface area (Å²) >= 11 is 0. The lowest BCUT2D eigenvalue weighted by Crippen LogP contribution is -1.62. The van der Waals surface area contributed by atoms with Crippen LogP contribution >= 0.6 is 9.90 Å². The Morgan fingerprint density at radius 3 is 0.636 bits per heavy atom. The van der Waals surface area contributed by atoms with Crippen molar-refractivity contribution < 1.29 is 0 Å². The third-order valence-corrected chi connectivity index (χ3v) is 2.82. The first-order valence-electron chi connectivity index (χ1n) is 7.23. The van der Waals surface area contributed by atoms with Crippen LogP contribution in [0.25, 0.3) is 0 Å². The number of hydrogen-bond donors (Lipinski definition) is 0. The van der Waals surface area contributed by atoms with E-state index in [1.807, 2.05) is 54.6 Å². The molecule has 3 rings (SSSR count). The van der Waals surface area contributed by atoms with Crippen LogP contribution in [0.5, 0.6) is 0 Å². The topological polar surface area (TPSA) is 0 Å². The number of aryl methyl sites for hydroxylation is 3. The van der Waals surface area contributed by atoms with Crippen molar-refractivity contribution in [2.75, 3.05) is 0 Å². The minimum atomic E-state index is 0. The molecule has 0 aromatic heterocycles. The predicted octanol–water partition coefficient (Wildman–Crippen LogP) is 6.04. The van der Waals surface area contributed by atoms with Crippen LogP contribution in [0.2, 0.25) is 0 Å². The van der Waals surface area contributed by atoms with Crippen molar-refractivity contribution in [1.29, 1.82) is 0 Å². The third kappa shape index (κ3) is 10.8. The molecule has 3 aromatic rings. The molecule has 0 amide bonds. The second-order valence-electron chi connectivity index (χ2n) is 4.96. The van der Waals surface area contributed by atoms with Crippen molar-refractivity contribution >= 4 is 9.90 Å². The van der Waals surface area contributed by atoms with Crippen LogP contribution in [0.15, 0.2) is 91.0 Å². The van der Waals surface area contributed by atoms with Crippen molar-refractivity contribution in [2.45, 2.75) is 20.8 Å². The average molecular weight is 310 g/mol. The van der Waals surface area contributed by atoms with Crippen LogP contribution in [0.4, 0.5) is 0 Å². The summed E-state index contributed by atoms with van der Waals surface area (Å²) in [7, 11) is 0. The fourth-order valence-corrected chi connectivity index (χ4v) is 1.60. The van der Waals surface area contributed by atoms with E-state index in [9.17, 15) is 0 Å². The highest BCUT2D eigenvalue weighted by atomic mass is 31.0. The summed E-state index contributed by atoms with van der Waals surface area (Å²) < 4.78 is 0. The summed E-state index contributed by atoms with van der Waals surface area (Å²) in [4.78, 5) is 0. The molecule has 0 saturated carbocycles. The molecule has 116 valence electrons. The van der Waals surface area contributed by atoms with Crippen LogP contribution in [-0.2, 0) is 0 Å². The van der Waals surface area contributed by atoms with Gasteiger partial charge in [0.2, 0.25) is 0 Å². The van der Waals surface area contributed by atoms with Crippen LogP contribution < -0.4 is 0 Å². The molecular formula is C21H27P. The summed E-state index contributed by atoms with van der Waals surface area (Å²) in [6.45, 7) is 6.25. The maximum Gasteiger partial charge on any atom is -0.0398 e. The maximum atomic E-state index is 2.08. The molecule has 0 bridgehead atoms. The van der Waals surface area contributed by atoms with E-state index in [0.29, 0.717) is 0 Å². The Labute approximate surface area is 138 Å². The quantitative estimate of drug-likeness (QED) is 0.444. The van der Waals surface area contributed by atoms with E-state index in [0.717, 1.165) is 0 Å². The molecule has 1 unspecified atom stereocenters. The normalized spacial score (nSPS) is 8.32. The van der Waals surface area contributed by atoms with Crippen molar-refractivity contribution in [1.82, 2.24) is 0 Å². The van der Waals surface area contributed by atoms with Gasteiger partial charge in [-0.3, -0.25) is 0 Å². The van der Waals surface area contributed by atoms with Gasteiger partial charge in [0.25, 0.3) is 0 Å². The summed E-state index contributed by atoms with van der Waals surface area (Å²) in [6, 6.07) is 30.8. The Hall–Kier alpha value is -1.91. The smallest absolute Gasteiger partial charge is 0.0398 e. The van der Waals surface area contributed by atoms with Crippen LogP contribution in [0.1, 0.15) is 16.7 Å². The van der Waals surface area contributed by atoms with Crippen molar-refractivity contribution in [2.24, 2.45) is 0 Å². The average Bonchev–Trinajstić information content (AvgIpc) is 2.51. The zero-order chi connectivity index (χ0) is 15.3. The fraction of sp³-hybridized carbons (Fsp3) is 0.143. The van der Waals surface area contributed by atoms with Gasteiger partial charge in [0.05, 0.1) is 0 Å². The standard InChI is InChI=1S/3C7H8.H3P/c3*1-7-5-3-2-4-6-7;/h3*2-6H,1H3;1H3. The van der Waals surface area contributed by atoms with Crippen LogP contribution in [0, 0.1) is 20.8 Å². The van der Waals surface area contributed by atoms with E-state index in [1.165, 1.54) is 16.7 Å². The Bertz CT molecular complexity index is 485. The fourth-order valence-electron chi connectivity index (χ4n) is 1.60. The van der Waals surface area contributed by atoms with Gasteiger partial charge in [-0.05, 0) is 20.8 Å². The van der Waals surface area contributed by atoms with E-state index < -0.39 is 0 Å². The Morgan fingerprint density at radius 2 is 0.545 bits per heavy atom. The first kappa shape index (κ1) is 20.1. The van der Waals surface area contributed by atoms with Crippen LogP contribution in [0.3, 0.4) is 0 Å². The van der Waals surface area contributed by atoms with Gasteiger partial charge in [-0.15, -0.1) is 0 Å². The van der Waals surface area contributed by atoms with Crippen LogP contribution in [-0.4, -0.2) is 0 Å². The molecular weight excluding hydrogens is 283 g/mol. The maximum absolute atomic E-state index is 2.08. The van der Waals surface area contributed by atoms with Gasteiger partial charge < -0.3 is 0 Å². The van der Waals surface area contributed by atoms with Gasteiger partial charge in [0, 0.05) is 0 Å². The summed E-state index contributed by atoms with van der Waals surface area (Å²) in [5, 5.41) is 0. The number of rotatable bonds is 0. The van der Waals surface area contributed by atoms with E-state index in [-0.39, 0.29) is 9.90 Å².